The number of halogens is 1. The molecule has 20 heavy (non-hydrogen) atoms. The van der Waals surface area contributed by atoms with E-state index in [-0.39, 0.29) is 0 Å². The fraction of sp³-hybridized carbons (Fsp3) is 0.800. The first-order chi connectivity index (χ1) is 9.65. The fourth-order valence-electron chi connectivity index (χ4n) is 4.04. The summed E-state index contributed by atoms with van der Waals surface area (Å²) in [6.45, 7) is 8.91. The summed E-state index contributed by atoms with van der Waals surface area (Å²) in [5.74, 6) is 1.63. The van der Waals surface area contributed by atoms with Crippen LogP contribution < -0.4 is 5.32 Å². The third kappa shape index (κ3) is 2.28. The van der Waals surface area contributed by atoms with Gasteiger partial charge >= 0.3 is 0 Å². The largest absolute Gasteiger partial charge is 0.316 e. The van der Waals surface area contributed by atoms with E-state index in [0.29, 0.717) is 6.04 Å². The normalized spacial score (nSPS) is 30.1. The number of nitrogens with zero attached hydrogens (tertiary/aromatic N) is 3. The van der Waals surface area contributed by atoms with Crippen LogP contribution >= 0.6 is 11.6 Å². The molecule has 5 heteroatoms. The number of likely N-dealkylation sites (tertiary alicyclic amines) is 1. The second kappa shape index (κ2) is 5.66. The van der Waals surface area contributed by atoms with Gasteiger partial charge in [-0.2, -0.15) is 5.10 Å². The summed E-state index contributed by atoms with van der Waals surface area (Å²) in [5.41, 5.74) is 2.20. The quantitative estimate of drug-likeness (QED) is 0.923. The molecule has 0 aromatic carbocycles. The zero-order chi connectivity index (χ0) is 14.3. The van der Waals surface area contributed by atoms with Gasteiger partial charge in [0.25, 0.3) is 0 Å². The molecule has 1 aromatic rings. The molecule has 0 radical (unpaired) electrons. The van der Waals surface area contributed by atoms with E-state index in [1.165, 1.54) is 31.7 Å². The van der Waals surface area contributed by atoms with Gasteiger partial charge in [0.2, 0.25) is 0 Å². The van der Waals surface area contributed by atoms with Crippen LogP contribution in [0, 0.1) is 11.8 Å². The van der Waals surface area contributed by atoms with Crippen LogP contribution in [0.5, 0.6) is 0 Å². The molecular formula is C15H25ClN4. The lowest BCUT2D eigenvalue weighted by atomic mass is 9.93. The van der Waals surface area contributed by atoms with Crippen molar-refractivity contribution >= 4 is 11.6 Å². The molecule has 1 aromatic heterocycles. The first-order valence-corrected chi connectivity index (χ1v) is 8.18. The van der Waals surface area contributed by atoms with Crippen molar-refractivity contribution in [2.75, 3.05) is 19.6 Å². The standard InChI is InChI=1S/C15H25ClN4/c1-4-12-15(16)14(19(3)18-12)9-20-8-10-6-17-7-11(10)13(20)5-2/h10-11,13,17H,4-9H2,1-3H3. The van der Waals surface area contributed by atoms with E-state index in [1.54, 1.807) is 0 Å². The third-order valence-electron chi connectivity index (χ3n) is 5.10. The smallest absolute Gasteiger partial charge is 0.0863 e. The van der Waals surface area contributed by atoms with Crippen LogP contribution in [-0.4, -0.2) is 40.4 Å². The van der Waals surface area contributed by atoms with E-state index < -0.39 is 0 Å². The summed E-state index contributed by atoms with van der Waals surface area (Å²) in [6, 6.07) is 0.686. The highest BCUT2D eigenvalue weighted by Gasteiger charge is 2.43. The zero-order valence-electron chi connectivity index (χ0n) is 12.7. The number of hydrogen-bond acceptors (Lipinski definition) is 3. The van der Waals surface area contributed by atoms with E-state index in [9.17, 15) is 0 Å². The van der Waals surface area contributed by atoms with Crippen LogP contribution in [0.1, 0.15) is 31.7 Å². The van der Waals surface area contributed by atoms with E-state index in [0.717, 1.165) is 35.5 Å². The molecule has 1 N–H and O–H groups in total. The molecule has 2 aliphatic heterocycles. The Morgan fingerprint density at radius 2 is 2.15 bits per heavy atom. The van der Waals surface area contributed by atoms with Gasteiger partial charge < -0.3 is 5.32 Å². The van der Waals surface area contributed by atoms with Gasteiger partial charge in [0.1, 0.15) is 0 Å². The van der Waals surface area contributed by atoms with Gasteiger partial charge in [-0.3, -0.25) is 9.58 Å². The summed E-state index contributed by atoms with van der Waals surface area (Å²) in [4.78, 5) is 2.62. The third-order valence-corrected chi connectivity index (χ3v) is 5.53. The molecule has 2 fully saturated rings. The van der Waals surface area contributed by atoms with Crippen LogP contribution in [0.3, 0.4) is 0 Å². The number of aryl methyl sites for hydroxylation is 2. The Kier molecular flexibility index (Phi) is 4.07. The minimum Gasteiger partial charge on any atom is -0.316 e. The molecule has 3 rings (SSSR count). The second-order valence-corrected chi connectivity index (χ2v) is 6.55. The summed E-state index contributed by atoms with van der Waals surface area (Å²) >= 11 is 6.50. The van der Waals surface area contributed by atoms with Gasteiger partial charge in [-0.15, -0.1) is 0 Å². The number of hydrogen-bond donors (Lipinski definition) is 1. The molecule has 3 unspecified atom stereocenters. The summed E-state index contributed by atoms with van der Waals surface area (Å²) in [6.07, 6.45) is 2.12. The zero-order valence-corrected chi connectivity index (χ0v) is 13.5. The molecule has 0 bridgehead atoms. The minimum atomic E-state index is 0.686. The minimum absolute atomic E-state index is 0.686. The van der Waals surface area contributed by atoms with Crippen molar-refractivity contribution in [3.05, 3.63) is 16.4 Å². The molecule has 112 valence electrons. The van der Waals surface area contributed by atoms with Crippen LogP contribution in [0.4, 0.5) is 0 Å². The van der Waals surface area contributed by atoms with Gasteiger partial charge in [0.05, 0.1) is 16.4 Å². The van der Waals surface area contributed by atoms with Crippen LogP contribution in [0.15, 0.2) is 0 Å². The molecular weight excluding hydrogens is 272 g/mol. The monoisotopic (exact) mass is 296 g/mol. The molecule has 4 nitrogen and oxygen atoms in total. The average Bonchev–Trinajstić information content (AvgIpc) is 3.07. The highest BCUT2D eigenvalue weighted by atomic mass is 35.5. The van der Waals surface area contributed by atoms with E-state index in [4.69, 9.17) is 11.6 Å². The molecule has 0 spiro atoms. The Labute approximate surface area is 126 Å². The lowest BCUT2D eigenvalue weighted by Gasteiger charge is -2.26. The van der Waals surface area contributed by atoms with Crippen molar-refractivity contribution in [2.24, 2.45) is 18.9 Å². The molecule has 3 heterocycles. The molecule has 0 amide bonds. The maximum Gasteiger partial charge on any atom is 0.0863 e. The van der Waals surface area contributed by atoms with E-state index in [2.05, 4.69) is 29.2 Å². The van der Waals surface area contributed by atoms with E-state index >= 15 is 0 Å². The number of nitrogens with one attached hydrogen (secondary N) is 1. The average molecular weight is 297 g/mol. The summed E-state index contributed by atoms with van der Waals surface area (Å²) < 4.78 is 1.97. The lowest BCUT2D eigenvalue weighted by Crippen LogP contribution is -2.35. The van der Waals surface area contributed by atoms with Crippen LogP contribution in [0.2, 0.25) is 5.02 Å². The van der Waals surface area contributed by atoms with Gasteiger partial charge in [0, 0.05) is 26.2 Å². The Morgan fingerprint density at radius 1 is 1.35 bits per heavy atom. The van der Waals surface area contributed by atoms with Gasteiger partial charge in [-0.05, 0) is 37.8 Å². The maximum absolute atomic E-state index is 6.50. The van der Waals surface area contributed by atoms with Crippen molar-refractivity contribution in [3.8, 4) is 0 Å². The summed E-state index contributed by atoms with van der Waals surface area (Å²) in [5, 5.41) is 8.95. The molecule has 3 atom stereocenters. The summed E-state index contributed by atoms with van der Waals surface area (Å²) in [7, 11) is 2.01. The van der Waals surface area contributed by atoms with Gasteiger partial charge in [-0.25, -0.2) is 0 Å². The molecule has 0 saturated carbocycles. The number of aromatic nitrogens is 2. The predicted octanol–water partition coefficient (Wildman–Crippen LogP) is 2.07. The number of fused-ring (bicyclic) bond motifs is 1. The van der Waals surface area contributed by atoms with Crippen molar-refractivity contribution in [3.63, 3.8) is 0 Å². The molecule has 0 aliphatic carbocycles. The lowest BCUT2D eigenvalue weighted by molar-refractivity contribution is 0.205. The highest BCUT2D eigenvalue weighted by molar-refractivity contribution is 6.31. The maximum atomic E-state index is 6.50. The van der Waals surface area contributed by atoms with Gasteiger partial charge in [0.15, 0.2) is 0 Å². The van der Waals surface area contributed by atoms with Crippen molar-refractivity contribution in [1.82, 2.24) is 20.0 Å². The Hall–Kier alpha value is -0.580. The van der Waals surface area contributed by atoms with E-state index in [1.807, 2.05) is 11.7 Å². The van der Waals surface area contributed by atoms with Gasteiger partial charge in [-0.1, -0.05) is 25.4 Å². The van der Waals surface area contributed by atoms with Crippen molar-refractivity contribution in [1.29, 1.82) is 0 Å². The van der Waals surface area contributed by atoms with Crippen LogP contribution in [0.25, 0.3) is 0 Å². The molecule has 2 aliphatic rings. The highest BCUT2D eigenvalue weighted by Crippen LogP contribution is 2.36. The van der Waals surface area contributed by atoms with Crippen molar-refractivity contribution < 1.29 is 0 Å². The first kappa shape index (κ1) is 14.4. The first-order valence-electron chi connectivity index (χ1n) is 7.80. The number of rotatable bonds is 4. The molecule has 2 saturated heterocycles. The predicted molar refractivity (Wildman–Crippen MR) is 81.9 cm³/mol. The SMILES string of the molecule is CCc1nn(C)c(CN2CC3CNCC3C2CC)c1Cl. The topological polar surface area (TPSA) is 33.1 Å². The Morgan fingerprint density at radius 3 is 2.80 bits per heavy atom. The Bertz CT molecular complexity index is 484. The fourth-order valence-corrected chi connectivity index (χ4v) is 4.39. The Balaban J connectivity index is 1.79. The second-order valence-electron chi connectivity index (χ2n) is 6.17. The van der Waals surface area contributed by atoms with Crippen LogP contribution in [-0.2, 0) is 20.0 Å². The van der Waals surface area contributed by atoms with Crippen molar-refractivity contribution in [2.45, 2.75) is 39.3 Å².